The SMILES string of the molecule is CNC(=O)c1ccc(N)c(Oc2ccc(CCO)cc2)c1. The lowest BCUT2D eigenvalue weighted by atomic mass is 10.1. The molecular formula is C16H18N2O3. The highest BCUT2D eigenvalue weighted by atomic mass is 16.5. The number of rotatable bonds is 5. The van der Waals surface area contributed by atoms with Crippen LogP contribution in [0.15, 0.2) is 42.5 Å². The number of benzene rings is 2. The van der Waals surface area contributed by atoms with Crippen molar-refractivity contribution in [2.24, 2.45) is 0 Å². The van der Waals surface area contributed by atoms with Gasteiger partial charge in [0.15, 0.2) is 5.75 Å². The van der Waals surface area contributed by atoms with Crippen LogP contribution in [0, 0.1) is 0 Å². The van der Waals surface area contributed by atoms with E-state index >= 15 is 0 Å². The summed E-state index contributed by atoms with van der Waals surface area (Å²) in [5.74, 6) is 0.863. The van der Waals surface area contributed by atoms with E-state index in [0.29, 0.717) is 29.2 Å². The van der Waals surface area contributed by atoms with Gasteiger partial charge in [0.25, 0.3) is 5.91 Å². The van der Waals surface area contributed by atoms with Crippen LogP contribution in [0.4, 0.5) is 5.69 Å². The van der Waals surface area contributed by atoms with Crippen molar-refractivity contribution in [1.29, 1.82) is 0 Å². The Labute approximate surface area is 123 Å². The summed E-state index contributed by atoms with van der Waals surface area (Å²) in [5, 5.41) is 11.4. The number of carbonyl (C=O) groups excluding carboxylic acids is 1. The van der Waals surface area contributed by atoms with Crippen molar-refractivity contribution in [2.75, 3.05) is 19.4 Å². The lowest BCUT2D eigenvalue weighted by Crippen LogP contribution is -2.17. The third-order valence-corrected chi connectivity index (χ3v) is 3.05. The molecule has 0 atom stereocenters. The minimum atomic E-state index is -0.196. The number of nitrogens with one attached hydrogen (secondary N) is 1. The van der Waals surface area contributed by atoms with Crippen molar-refractivity contribution in [3.8, 4) is 11.5 Å². The molecule has 5 nitrogen and oxygen atoms in total. The van der Waals surface area contributed by atoms with Crippen LogP contribution in [0.25, 0.3) is 0 Å². The molecule has 0 aromatic heterocycles. The number of amides is 1. The van der Waals surface area contributed by atoms with Gasteiger partial charge in [-0.3, -0.25) is 4.79 Å². The molecule has 0 aliphatic heterocycles. The summed E-state index contributed by atoms with van der Waals surface area (Å²) >= 11 is 0. The van der Waals surface area contributed by atoms with E-state index in [4.69, 9.17) is 15.6 Å². The molecule has 0 saturated heterocycles. The highest BCUT2D eigenvalue weighted by Gasteiger charge is 2.08. The van der Waals surface area contributed by atoms with E-state index in [-0.39, 0.29) is 12.5 Å². The number of ether oxygens (including phenoxy) is 1. The quantitative estimate of drug-likeness (QED) is 0.733. The molecule has 0 unspecified atom stereocenters. The van der Waals surface area contributed by atoms with Crippen molar-refractivity contribution in [3.05, 3.63) is 53.6 Å². The second-order valence-electron chi connectivity index (χ2n) is 4.55. The molecule has 21 heavy (non-hydrogen) atoms. The van der Waals surface area contributed by atoms with Gasteiger partial charge < -0.3 is 20.9 Å². The fraction of sp³-hybridized carbons (Fsp3) is 0.188. The van der Waals surface area contributed by atoms with Crippen molar-refractivity contribution in [3.63, 3.8) is 0 Å². The number of hydrogen-bond acceptors (Lipinski definition) is 4. The van der Waals surface area contributed by atoms with Gasteiger partial charge in [0, 0.05) is 19.2 Å². The first-order chi connectivity index (χ1) is 10.1. The zero-order valence-electron chi connectivity index (χ0n) is 11.8. The molecule has 0 saturated carbocycles. The molecule has 5 heteroatoms. The summed E-state index contributed by atoms with van der Waals surface area (Å²) in [4.78, 5) is 11.6. The van der Waals surface area contributed by atoms with Crippen LogP contribution in [-0.2, 0) is 6.42 Å². The Bertz CT molecular complexity index is 624. The normalized spacial score (nSPS) is 10.2. The van der Waals surface area contributed by atoms with Crippen LogP contribution < -0.4 is 15.8 Å². The Balaban J connectivity index is 2.20. The minimum absolute atomic E-state index is 0.112. The third kappa shape index (κ3) is 3.73. The summed E-state index contributed by atoms with van der Waals surface area (Å²) in [6, 6.07) is 12.3. The van der Waals surface area contributed by atoms with Crippen molar-refractivity contribution < 1.29 is 14.6 Å². The smallest absolute Gasteiger partial charge is 0.251 e. The van der Waals surface area contributed by atoms with E-state index in [1.807, 2.05) is 12.1 Å². The maximum Gasteiger partial charge on any atom is 0.251 e. The number of anilines is 1. The first-order valence-electron chi connectivity index (χ1n) is 6.63. The molecule has 0 fully saturated rings. The highest BCUT2D eigenvalue weighted by molar-refractivity contribution is 5.95. The Hall–Kier alpha value is -2.53. The van der Waals surface area contributed by atoms with Crippen LogP contribution in [0.5, 0.6) is 11.5 Å². The van der Waals surface area contributed by atoms with Crippen molar-refractivity contribution >= 4 is 11.6 Å². The summed E-state index contributed by atoms with van der Waals surface area (Å²) in [6.07, 6.45) is 0.606. The van der Waals surface area contributed by atoms with Gasteiger partial charge in [-0.1, -0.05) is 12.1 Å². The lowest BCUT2D eigenvalue weighted by Gasteiger charge is -2.10. The summed E-state index contributed by atoms with van der Waals surface area (Å²) in [7, 11) is 1.57. The Morgan fingerprint density at radius 1 is 1.24 bits per heavy atom. The summed E-state index contributed by atoms with van der Waals surface area (Å²) in [5.41, 5.74) is 7.84. The van der Waals surface area contributed by atoms with Gasteiger partial charge in [0.1, 0.15) is 5.75 Å². The molecule has 0 bridgehead atoms. The van der Waals surface area contributed by atoms with Gasteiger partial charge in [0.2, 0.25) is 0 Å². The van der Waals surface area contributed by atoms with Gasteiger partial charge in [-0.15, -0.1) is 0 Å². The molecule has 2 aromatic carbocycles. The van der Waals surface area contributed by atoms with Gasteiger partial charge in [0.05, 0.1) is 5.69 Å². The molecule has 1 amide bonds. The van der Waals surface area contributed by atoms with E-state index in [9.17, 15) is 4.79 Å². The standard InChI is InChI=1S/C16H18N2O3/c1-18-16(20)12-4-7-14(17)15(10-12)21-13-5-2-11(3-6-13)8-9-19/h2-7,10,19H,8-9,17H2,1H3,(H,18,20). The Kier molecular flexibility index (Phi) is 4.79. The molecule has 0 radical (unpaired) electrons. The molecule has 110 valence electrons. The lowest BCUT2D eigenvalue weighted by molar-refractivity contribution is 0.0963. The summed E-state index contributed by atoms with van der Waals surface area (Å²) in [6.45, 7) is 0.112. The van der Waals surface area contributed by atoms with E-state index in [2.05, 4.69) is 5.32 Å². The van der Waals surface area contributed by atoms with Gasteiger partial charge in [-0.25, -0.2) is 0 Å². The topological polar surface area (TPSA) is 84.6 Å². The average Bonchev–Trinajstić information content (AvgIpc) is 2.51. The van der Waals surface area contributed by atoms with E-state index in [0.717, 1.165) is 5.56 Å². The number of nitrogens with two attached hydrogens (primary N) is 1. The maximum atomic E-state index is 11.6. The second-order valence-corrected chi connectivity index (χ2v) is 4.55. The number of nitrogen functional groups attached to an aromatic ring is 1. The van der Waals surface area contributed by atoms with Crippen molar-refractivity contribution in [1.82, 2.24) is 5.32 Å². The van der Waals surface area contributed by atoms with E-state index in [1.165, 1.54) is 0 Å². The fourth-order valence-corrected chi connectivity index (χ4v) is 1.89. The van der Waals surface area contributed by atoms with Crippen LogP contribution in [-0.4, -0.2) is 24.7 Å². The first-order valence-corrected chi connectivity index (χ1v) is 6.63. The zero-order valence-corrected chi connectivity index (χ0v) is 11.8. The van der Waals surface area contributed by atoms with Crippen LogP contribution in [0.1, 0.15) is 15.9 Å². The Morgan fingerprint density at radius 3 is 2.57 bits per heavy atom. The molecular weight excluding hydrogens is 268 g/mol. The van der Waals surface area contributed by atoms with E-state index in [1.54, 1.807) is 37.4 Å². The number of hydrogen-bond donors (Lipinski definition) is 3. The minimum Gasteiger partial charge on any atom is -0.455 e. The monoisotopic (exact) mass is 286 g/mol. The fourth-order valence-electron chi connectivity index (χ4n) is 1.89. The maximum absolute atomic E-state index is 11.6. The molecule has 0 heterocycles. The predicted molar refractivity (Wildman–Crippen MR) is 81.6 cm³/mol. The zero-order chi connectivity index (χ0) is 15.2. The van der Waals surface area contributed by atoms with Crippen molar-refractivity contribution in [2.45, 2.75) is 6.42 Å². The van der Waals surface area contributed by atoms with Gasteiger partial charge >= 0.3 is 0 Å². The number of aliphatic hydroxyl groups is 1. The van der Waals surface area contributed by atoms with Crippen LogP contribution >= 0.6 is 0 Å². The van der Waals surface area contributed by atoms with E-state index < -0.39 is 0 Å². The molecule has 4 N–H and O–H groups in total. The Morgan fingerprint density at radius 2 is 1.95 bits per heavy atom. The molecule has 2 rings (SSSR count). The van der Waals surface area contributed by atoms with Gasteiger partial charge in [-0.05, 0) is 42.3 Å². The number of aliphatic hydroxyl groups excluding tert-OH is 1. The first kappa shape index (κ1) is 14.9. The molecule has 0 aliphatic rings. The second kappa shape index (κ2) is 6.76. The van der Waals surface area contributed by atoms with Crippen LogP contribution in [0.3, 0.4) is 0 Å². The molecule has 0 aliphatic carbocycles. The molecule has 2 aromatic rings. The highest BCUT2D eigenvalue weighted by Crippen LogP contribution is 2.28. The largest absolute Gasteiger partial charge is 0.455 e. The third-order valence-electron chi connectivity index (χ3n) is 3.05. The number of carbonyl (C=O) groups is 1. The summed E-state index contributed by atoms with van der Waals surface area (Å²) < 4.78 is 5.71. The van der Waals surface area contributed by atoms with Crippen LogP contribution in [0.2, 0.25) is 0 Å². The van der Waals surface area contributed by atoms with Gasteiger partial charge in [-0.2, -0.15) is 0 Å². The molecule has 0 spiro atoms. The average molecular weight is 286 g/mol. The predicted octanol–water partition coefficient (Wildman–Crippen LogP) is 1.96.